The van der Waals surface area contributed by atoms with E-state index in [1.807, 2.05) is 0 Å². The van der Waals surface area contributed by atoms with Crippen molar-refractivity contribution in [1.29, 1.82) is 0 Å². The van der Waals surface area contributed by atoms with Gasteiger partial charge in [0, 0.05) is 0 Å². The Morgan fingerprint density at radius 1 is 0.471 bits per heavy atom. The quantitative estimate of drug-likeness (QED) is 0.535. The van der Waals surface area contributed by atoms with E-state index in [4.69, 9.17) is 0 Å². The second kappa shape index (κ2) is 5.46. The van der Waals surface area contributed by atoms with E-state index in [0.717, 1.165) is 0 Å². The summed E-state index contributed by atoms with van der Waals surface area (Å²) >= 11 is 0. The number of hydrogen-bond donors (Lipinski definition) is 0. The standard InChI is InChI=1S/C16H30Si/c1-2-8-14-17(13-7-1,15-9-3-4-10-15)16-11-5-6-12-16/h15-16H,1-14H2. The first-order valence-electron chi connectivity index (χ1n) is 8.42. The molecule has 0 bridgehead atoms. The van der Waals surface area contributed by atoms with Crippen LogP contribution in [0.1, 0.15) is 77.0 Å². The molecule has 0 spiro atoms. The Morgan fingerprint density at radius 3 is 1.29 bits per heavy atom. The zero-order valence-corrected chi connectivity index (χ0v) is 12.6. The van der Waals surface area contributed by atoms with Crippen molar-refractivity contribution < 1.29 is 0 Å². The number of rotatable bonds is 2. The van der Waals surface area contributed by atoms with Crippen LogP contribution >= 0.6 is 0 Å². The normalized spacial score (nSPS) is 31.8. The Kier molecular flexibility index (Phi) is 3.94. The van der Waals surface area contributed by atoms with Crippen LogP contribution in [0.5, 0.6) is 0 Å². The van der Waals surface area contributed by atoms with Crippen molar-refractivity contribution in [3.63, 3.8) is 0 Å². The van der Waals surface area contributed by atoms with Crippen molar-refractivity contribution in [3.05, 3.63) is 0 Å². The fourth-order valence-electron chi connectivity index (χ4n) is 5.54. The Hall–Kier alpha value is 0.217. The van der Waals surface area contributed by atoms with Gasteiger partial charge in [-0.3, -0.25) is 0 Å². The molecular formula is C16H30Si. The van der Waals surface area contributed by atoms with Gasteiger partial charge in [0.2, 0.25) is 0 Å². The van der Waals surface area contributed by atoms with E-state index in [-0.39, 0.29) is 0 Å². The van der Waals surface area contributed by atoms with Crippen LogP contribution in [0, 0.1) is 0 Å². The van der Waals surface area contributed by atoms with Gasteiger partial charge in [-0.05, 0) is 11.1 Å². The highest BCUT2D eigenvalue weighted by molar-refractivity contribution is 6.82. The topological polar surface area (TPSA) is 0 Å². The molecule has 98 valence electrons. The molecule has 0 aromatic heterocycles. The van der Waals surface area contributed by atoms with Gasteiger partial charge in [0.1, 0.15) is 0 Å². The van der Waals surface area contributed by atoms with E-state index in [9.17, 15) is 0 Å². The minimum absolute atomic E-state index is 0.867. The summed E-state index contributed by atoms with van der Waals surface area (Å²) in [5, 5.41) is 0. The lowest BCUT2D eigenvalue weighted by molar-refractivity contribution is 0.717. The fraction of sp³-hybridized carbons (Fsp3) is 1.00. The largest absolute Gasteiger partial charge is 0.0598 e. The van der Waals surface area contributed by atoms with Crippen molar-refractivity contribution >= 4 is 8.07 Å². The third-order valence-corrected chi connectivity index (χ3v) is 13.3. The van der Waals surface area contributed by atoms with Crippen LogP contribution in [-0.2, 0) is 0 Å². The van der Waals surface area contributed by atoms with Crippen LogP contribution in [0.3, 0.4) is 0 Å². The monoisotopic (exact) mass is 250 g/mol. The van der Waals surface area contributed by atoms with Crippen molar-refractivity contribution in [2.45, 2.75) is 100 Å². The molecule has 1 aliphatic heterocycles. The molecule has 3 aliphatic rings. The molecule has 0 amide bonds. The van der Waals surface area contributed by atoms with Crippen LogP contribution < -0.4 is 0 Å². The van der Waals surface area contributed by atoms with Gasteiger partial charge in [-0.1, -0.05) is 89.1 Å². The molecule has 0 N–H and O–H groups in total. The minimum atomic E-state index is -0.867. The Balaban J connectivity index is 1.81. The maximum atomic E-state index is 1.74. The Morgan fingerprint density at radius 2 is 0.882 bits per heavy atom. The van der Waals surface area contributed by atoms with E-state index in [0.29, 0.717) is 0 Å². The van der Waals surface area contributed by atoms with Gasteiger partial charge >= 0.3 is 0 Å². The molecule has 2 saturated carbocycles. The zero-order valence-electron chi connectivity index (χ0n) is 11.6. The summed E-state index contributed by atoms with van der Waals surface area (Å²) in [4.78, 5) is 0. The highest BCUT2D eigenvalue weighted by atomic mass is 28.3. The average molecular weight is 251 g/mol. The van der Waals surface area contributed by atoms with Crippen LogP contribution in [0.4, 0.5) is 0 Å². The zero-order chi connectivity index (χ0) is 11.6. The highest BCUT2D eigenvalue weighted by Gasteiger charge is 2.47. The molecule has 1 heteroatoms. The van der Waals surface area contributed by atoms with Crippen molar-refractivity contribution in [1.82, 2.24) is 0 Å². The maximum Gasteiger partial charge on any atom is 0.0598 e. The van der Waals surface area contributed by atoms with Crippen LogP contribution in [0.15, 0.2) is 0 Å². The Bertz CT molecular complexity index is 210. The van der Waals surface area contributed by atoms with Gasteiger partial charge in [-0.2, -0.15) is 0 Å². The lowest BCUT2D eigenvalue weighted by Crippen LogP contribution is -2.42. The summed E-state index contributed by atoms with van der Waals surface area (Å²) < 4.78 is 0. The van der Waals surface area contributed by atoms with Crippen molar-refractivity contribution in [3.8, 4) is 0 Å². The third kappa shape index (κ3) is 2.37. The first kappa shape index (κ1) is 12.3. The first-order valence-corrected chi connectivity index (χ1v) is 11.0. The van der Waals surface area contributed by atoms with Gasteiger partial charge in [-0.15, -0.1) is 0 Å². The van der Waals surface area contributed by atoms with E-state index < -0.39 is 8.07 Å². The summed E-state index contributed by atoms with van der Waals surface area (Å²) in [5.41, 5.74) is 2.53. The van der Waals surface area contributed by atoms with E-state index in [1.54, 1.807) is 89.1 Å². The molecule has 17 heavy (non-hydrogen) atoms. The van der Waals surface area contributed by atoms with E-state index in [1.165, 1.54) is 11.1 Å². The SMILES string of the molecule is C1CCC[Si](C2CCCC2)(C2CCCC2)CC1. The molecule has 3 rings (SSSR count). The van der Waals surface area contributed by atoms with E-state index >= 15 is 0 Å². The van der Waals surface area contributed by atoms with Gasteiger partial charge in [0.25, 0.3) is 0 Å². The first-order chi connectivity index (χ1) is 8.42. The molecule has 3 fully saturated rings. The second-order valence-corrected chi connectivity index (χ2v) is 12.2. The predicted octanol–water partition coefficient (Wildman–Crippen LogP) is 5.90. The van der Waals surface area contributed by atoms with E-state index in [2.05, 4.69) is 0 Å². The highest BCUT2D eigenvalue weighted by Crippen LogP contribution is 2.55. The van der Waals surface area contributed by atoms with Crippen LogP contribution in [0.25, 0.3) is 0 Å². The van der Waals surface area contributed by atoms with Gasteiger partial charge in [0.15, 0.2) is 0 Å². The summed E-state index contributed by atoms with van der Waals surface area (Å²) in [6.45, 7) is 0. The fourth-order valence-corrected chi connectivity index (χ4v) is 13.0. The van der Waals surface area contributed by atoms with Crippen LogP contribution in [0.2, 0.25) is 23.2 Å². The molecule has 0 radical (unpaired) electrons. The second-order valence-electron chi connectivity index (χ2n) is 7.11. The predicted molar refractivity (Wildman–Crippen MR) is 78.3 cm³/mol. The van der Waals surface area contributed by atoms with Gasteiger partial charge in [-0.25, -0.2) is 0 Å². The molecular weight excluding hydrogens is 220 g/mol. The molecule has 0 aromatic rings. The summed E-state index contributed by atoms with van der Waals surface area (Å²) in [6.07, 6.45) is 19.2. The van der Waals surface area contributed by atoms with Gasteiger partial charge in [0.05, 0.1) is 8.07 Å². The van der Waals surface area contributed by atoms with Gasteiger partial charge < -0.3 is 0 Å². The lowest BCUT2D eigenvalue weighted by atomic mass is 10.2. The molecule has 0 unspecified atom stereocenters. The van der Waals surface area contributed by atoms with Crippen LogP contribution in [-0.4, -0.2) is 8.07 Å². The van der Waals surface area contributed by atoms with Crippen molar-refractivity contribution in [2.75, 3.05) is 0 Å². The lowest BCUT2D eigenvalue weighted by Gasteiger charge is -2.42. The Labute approximate surface area is 109 Å². The molecule has 1 saturated heterocycles. The molecule has 0 atom stereocenters. The minimum Gasteiger partial charge on any atom is -0.0567 e. The molecule has 1 heterocycles. The summed E-state index contributed by atoms with van der Waals surface area (Å²) in [5.74, 6) is 0. The third-order valence-electron chi connectivity index (χ3n) is 6.37. The summed E-state index contributed by atoms with van der Waals surface area (Å²) in [6, 6.07) is 3.48. The molecule has 0 nitrogen and oxygen atoms in total. The maximum absolute atomic E-state index is 1.74. The average Bonchev–Trinajstić information content (AvgIpc) is 3.00. The number of hydrogen-bond acceptors (Lipinski definition) is 0. The molecule has 0 aromatic carbocycles. The summed E-state index contributed by atoms with van der Waals surface area (Å²) in [7, 11) is -0.867. The molecule has 2 aliphatic carbocycles. The smallest absolute Gasteiger partial charge is 0.0567 e. The van der Waals surface area contributed by atoms with Crippen molar-refractivity contribution in [2.24, 2.45) is 0 Å².